The summed E-state index contributed by atoms with van der Waals surface area (Å²) in [4.78, 5) is 30.8. The molecule has 1 saturated heterocycles. The molecular weight excluding hydrogens is 388 g/mol. The zero-order valence-corrected chi connectivity index (χ0v) is 16.8. The Balaban J connectivity index is 1.71. The monoisotopic (exact) mass is 410 g/mol. The zero-order valence-electron chi connectivity index (χ0n) is 15.1. The van der Waals surface area contributed by atoms with Gasteiger partial charge in [-0.15, -0.1) is 11.8 Å². The topological polar surface area (TPSA) is 108 Å². The number of hydrogen-bond acceptors (Lipinski definition) is 6. The molecule has 2 N–H and O–H groups in total. The lowest BCUT2D eigenvalue weighted by Gasteiger charge is -2.24. The summed E-state index contributed by atoms with van der Waals surface area (Å²) in [5.41, 5.74) is 0.451. The summed E-state index contributed by atoms with van der Waals surface area (Å²) in [6.45, 7) is 3.68. The number of nitrogens with zero attached hydrogens (tertiary/aromatic N) is 2. The predicted octanol–water partition coefficient (Wildman–Crippen LogP) is 0.541. The van der Waals surface area contributed by atoms with Gasteiger partial charge in [0.15, 0.2) is 0 Å². The van der Waals surface area contributed by atoms with Crippen LogP contribution in [0.1, 0.15) is 25.8 Å². The van der Waals surface area contributed by atoms with Gasteiger partial charge in [0.2, 0.25) is 11.8 Å². The average Bonchev–Trinajstić information content (AvgIpc) is 3.23. The number of benzene rings is 1. The number of amidine groups is 1. The predicted molar refractivity (Wildman–Crippen MR) is 104 cm³/mol. The van der Waals surface area contributed by atoms with E-state index in [2.05, 4.69) is 15.0 Å². The highest BCUT2D eigenvalue weighted by molar-refractivity contribution is 7.99. The van der Waals surface area contributed by atoms with E-state index in [0.717, 1.165) is 6.42 Å². The maximum absolute atomic E-state index is 12.6. The molecule has 27 heavy (non-hydrogen) atoms. The van der Waals surface area contributed by atoms with Gasteiger partial charge in [-0.05, 0) is 25.5 Å². The number of nitrogens with one attached hydrogen (secondary N) is 2. The molecule has 2 atom stereocenters. The number of thioether (sulfide) groups is 1. The Labute approximate surface area is 162 Å². The third-order valence-electron chi connectivity index (χ3n) is 4.54. The molecule has 3 rings (SSSR count). The molecule has 0 aromatic heterocycles. The van der Waals surface area contributed by atoms with Gasteiger partial charge in [0, 0.05) is 17.4 Å². The number of rotatable bonds is 5. The first-order valence-electron chi connectivity index (χ1n) is 8.67. The van der Waals surface area contributed by atoms with E-state index in [-0.39, 0.29) is 35.1 Å². The van der Waals surface area contributed by atoms with Gasteiger partial charge in [0.1, 0.15) is 18.4 Å². The molecular formula is C17H22N4O4S2. The fourth-order valence-corrected chi connectivity index (χ4v) is 5.27. The van der Waals surface area contributed by atoms with Crippen LogP contribution in [0.4, 0.5) is 0 Å². The summed E-state index contributed by atoms with van der Waals surface area (Å²) in [7, 11) is -3.64. The third kappa shape index (κ3) is 4.11. The molecule has 0 radical (unpaired) electrons. The summed E-state index contributed by atoms with van der Waals surface area (Å²) < 4.78 is 26.6. The van der Waals surface area contributed by atoms with E-state index in [1.165, 1.54) is 22.7 Å². The Kier molecular flexibility index (Phi) is 5.75. The minimum absolute atomic E-state index is 0.0460. The van der Waals surface area contributed by atoms with Gasteiger partial charge in [0.25, 0.3) is 10.0 Å². The van der Waals surface area contributed by atoms with Crippen molar-refractivity contribution in [1.29, 1.82) is 0 Å². The fraction of sp³-hybridized carbons (Fsp3) is 0.471. The number of amides is 2. The Morgan fingerprint density at radius 1 is 1.41 bits per heavy atom. The number of aliphatic imine (C=N–C) groups is 1. The molecule has 10 heteroatoms. The highest BCUT2D eigenvalue weighted by Gasteiger charge is 2.35. The van der Waals surface area contributed by atoms with Gasteiger partial charge in [0.05, 0.1) is 10.8 Å². The van der Waals surface area contributed by atoms with Crippen LogP contribution in [-0.2, 0) is 19.6 Å². The Morgan fingerprint density at radius 2 is 2.15 bits per heavy atom. The highest BCUT2D eigenvalue weighted by Crippen LogP contribution is 2.23. The molecule has 2 amide bonds. The van der Waals surface area contributed by atoms with Crippen molar-refractivity contribution in [2.45, 2.75) is 37.2 Å². The minimum Gasteiger partial charge on any atom is -0.352 e. The van der Waals surface area contributed by atoms with E-state index in [1.54, 1.807) is 18.2 Å². The van der Waals surface area contributed by atoms with E-state index >= 15 is 0 Å². The van der Waals surface area contributed by atoms with Crippen LogP contribution in [0.5, 0.6) is 0 Å². The first kappa shape index (κ1) is 19.7. The van der Waals surface area contributed by atoms with E-state index in [0.29, 0.717) is 17.2 Å². The molecule has 2 unspecified atom stereocenters. The van der Waals surface area contributed by atoms with Crippen molar-refractivity contribution >= 4 is 39.4 Å². The van der Waals surface area contributed by atoms with Crippen molar-refractivity contribution in [2.75, 3.05) is 18.2 Å². The molecule has 0 aliphatic carbocycles. The molecule has 0 bridgehead atoms. The smallest absolute Gasteiger partial charge is 0.263 e. The molecule has 1 fully saturated rings. The van der Waals surface area contributed by atoms with Crippen LogP contribution in [0.25, 0.3) is 0 Å². The summed E-state index contributed by atoms with van der Waals surface area (Å²) >= 11 is 1.51. The van der Waals surface area contributed by atoms with Gasteiger partial charge in [-0.1, -0.05) is 19.1 Å². The first-order chi connectivity index (χ1) is 12.8. The van der Waals surface area contributed by atoms with Crippen molar-refractivity contribution in [3.05, 3.63) is 29.8 Å². The van der Waals surface area contributed by atoms with Crippen molar-refractivity contribution in [3.63, 3.8) is 0 Å². The summed E-state index contributed by atoms with van der Waals surface area (Å²) in [5, 5.41) is 2.90. The SMILES string of the molecule is CCC(C)NC(=O)C1CSCN1C(=O)CN=C1NS(=O)(=O)c2ccccc21. The normalized spacial score (nSPS) is 23.0. The van der Waals surface area contributed by atoms with E-state index in [1.807, 2.05) is 13.8 Å². The van der Waals surface area contributed by atoms with Crippen molar-refractivity contribution < 1.29 is 18.0 Å². The molecule has 0 saturated carbocycles. The van der Waals surface area contributed by atoms with Crippen LogP contribution >= 0.6 is 11.8 Å². The zero-order chi connectivity index (χ0) is 19.6. The quantitative estimate of drug-likeness (QED) is 0.737. The van der Waals surface area contributed by atoms with Gasteiger partial charge in [-0.25, -0.2) is 8.42 Å². The van der Waals surface area contributed by atoms with Gasteiger partial charge in [-0.3, -0.25) is 19.3 Å². The molecule has 2 heterocycles. The molecule has 2 aliphatic heterocycles. The van der Waals surface area contributed by atoms with Crippen molar-refractivity contribution in [3.8, 4) is 0 Å². The number of sulfonamides is 1. The van der Waals surface area contributed by atoms with Crippen LogP contribution in [0.3, 0.4) is 0 Å². The van der Waals surface area contributed by atoms with Crippen LogP contribution in [-0.4, -0.2) is 61.2 Å². The van der Waals surface area contributed by atoms with Crippen LogP contribution in [0.15, 0.2) is 34.2 Å². The number of hydrogen-bond donors (Lipinski definition) is 2. The van der Waals surface area contributed by atoms with Crippen molar-refractivity contribution in [1.82, 2.24) is 14.9 Å². The molecule has 1 aromatic carbocycles. The molecule has 146 valence electrons. The van der Waals surface area contributed by atoms with Gasteiger partial charge >= 0.3 is 0 Å². The Hall–Kier alpha value is -2.07. The maximum atomic E-state index is 12.6. The maximum Gasteiger partial charge on any atom is 0.263 e. The van der Waals surface area contributed by atoms with E-state index in [9.17, 15) is 18.0 Å². The second-order valence-corrected chi connectivity index (χ2v) is 9.11. The second kappa shape index (κ2) is 7.89. The van der Waals surface area contributed by atoms with Crippen LogP contribution in [0.2, 0.25) is 0 Å². The standard InChI is InChI=1S/C17H22N4O4S2/c1-3-11(2)19-17(23)13-9-26-10-21(13)15(22)8-18-16-12-6-4-5-7-14(12)27(24,25)20-16/h4-7,11,13H,3,8-10H2,1-2H3,(H,18,20)(H,19,23). The number of carbonyl (C=O) groups excluding carboxylic acids is 2. The fourth-order valence-electron chi connectivity index (χ4n) is 2.84. The van der Waals surface area contributed by atoms with Gasteiger partial charge in [-0.2, -0.15) is 0 Å². The number of fused-ring (bicyclic) bond motifs is 1. The summed E-state index contributed by atoms with van der Waals surface area (Å²) in [5.74, 6) is 0.652. The third-order valence-corrected chi connectivity index (χ3v) is 6.95. The second-order valence-electron chi connectivity index (χ2n) is 6.46. The average molecular weight is 411 g/mol. The lowest BCUT2D eigenvalue weighted by Crippen LogP contribution is -2.50. The van der Waals surface area contributed by atoms with Crippen LogP contribution in [0, 0.1) is 0 Å². The summed E-state index contributed by atoms with van der Waals surface area (Å²) in [6, 6.07) is 6.01. The Morgan fingerprint density at radius 3 is 2.89 bits per heavy atom. The van der Waals surface area contributed by atoms with E-state index < -0.39 is 16.1 Å². The molecule has 0 spiro atoms. The Bertz CT molecular complexity index is 885. The first-order valence-corrected chi connectivity index (χ1v) is 11.3. The lowest BCUT2D eigenvalue weighted by atomic mass is 10.2. The summed E-state index contributed by atoms with van der Waals surface area (Å²) in [6.07, 6.45) is 0.812. The highest BCUT2D eigenvalue weighted by atomic mass is 32.2. The molecule has 1 aromatic rings. The van der Waals surface area contributed by atoms with Crippen molar-refractivity contribution in [2.24, 2.45) is 4.99 Å². The number of carbonyl (C=O) groups is 2. The minimum atomic E-state index is -3.64. The lowest BCUT2D eigenvalue weighted by molar-refractivity contribution is -0.137. The van der Waals surface area contributed by atoms with Gasteiger partial charge < -0.3 is 10.2 Å². The largest absolute Gasteiger partial charge is 0.352 e. The van der Waals surface area contributed by atoms with Crippen LogP contribution < -0.4 is 10.0 Å². The van der Waals surface area contributed by atoms with E-state index in [4.69, 9.17) is 0 Å². The molecule has 8 nitrogen and oxygen atoms in total. The molecule has 2 aliphatic rings.